The lowest BCUT2D eigenvalue weighted by Crippen LogP contribution is -2.46. The van der Waals surface area contributed by atoms with Gasteiger partial charge in [-0.25, -0.2) is 0 Å². The second-order valence-corrected chi connectivity index (χ2v) is 6.04. The van der Waals surface area contributed by atoms with Crippen molar-refractivity contribution in [3.05, 3.63) is 18.5 Å². The number of hydrogen-bond acceptors (Lipinski definition) is 4. The summed E-state index contributed by atoms with van der Waals surface area (Å²) in [4.78, 5) is 25.8. The first-order valence-corrected chi connectivity index (χ1v) is 7.76. The Kier molecular flexibility index (Phi) is 9.96. The van der Waals surface area contributed by atoms with Gasteiger partial charge in [0, 0.05) is 31.5 Å². The Labute approximate surface area is 155 Å². The van der Waals surface area contributed by atoms with Crippen LogP contribution in [0.5, 0.6) is 0 Å². The third-order valence-corrected chi connectivity index (χ3v) is 4.17. The largest absolute Gasteiger partial charge is 0.352 e. The Hall–Kier alpha value is -1.31. The van der Waals surface area contributed by atoms with Gasteiger partial charge in [0.05, 0.1) is 6.54 Å². The van der Waals surface area contributed by atoms with Crippen LogP contribution in [0, 0.1) is 0 Å². The predicted molar refractivity (Wildman–Crippen MR) is 97.4 cm³/mol. The number of amides is 2. The van der Waals surface area contributed by atoms with E-state index >= 15 is 0 Å². The van der Waals surface area contributed by atoms with Crippen molar-refractivity contribution >= 4 is 36.6 Å². The number of aromatic nitrogens is 2. The highest BCUT2D eigenvalue weighted by Gasteiger charge is 2.23. The van der Waals surface area contributed by atoms with Gasteiger partial charge in [-0.05, 0) is 38.7 Å². The fraction of sp³-hybridized carbons (Fsp3) is 0.667. The molecule has 0 spiro atoms. The maximum Gasteiger partial charge on any atom is 0.247 e. The van der Waals surface area contributed by atoms with Crippen LogP contribution in [-0.2, 0) is 9.59 Å². The molecule has 1 aromatic heterocycles. The molecule has 1 atom stereocenters. The molecule has 1 aliphatic carbocycles. The summed E-state index contributed by atoms with van der Waals surface area (Å²) < 4.78 is 1.58. The zero-order chi connectivity index (χ0) is 16.1. The number of carbonyl (C=O) groups excluding carboxylic acids is 2. The van der Waals surface area contributed by atoms with Crippen molar-refractivity contribution in [3.63, 3.8) is 0 Å². The topological polar surface area (TPSA) is 93.3 Å². The highest BCUT2D eigenvalue weighted by molar-refractivity contribution is 5.86. The third kappa shape index (κ3) is 6.30. The molecule has 3 N–H and O–H groups in total. The summed E-state index contributed by atoms with van der Waals surface area (Å²) in [7, 11) is 1.64. The number of likely N-dealkylation sites (N-methyl/N-ethyl adjacent to an activating group) is 1. The summed E-state index contributed by atoms with van der Waals surface area (Å²) in [6.45, 7) is 1.83. The van der Waals surface area contributed by atoms with Crippen LogP contribution in [0.15, 0.2) is 18.5 Å². The SMILES string of the molecule is CC(C(=O)N(C)CC(=O)NC1CCC(N)CC1)n1cccn1.Cl.Cl. The first kappa shape index (κ1) is 22.7. The molecule has 1 fully saturated rings. The summed E-state index contributed by atoms with van der Waals surface area (Å²) in [6, 6.07) is 1.79. The van der Waals surface area contributed by atoms with Crippen LogP contribution in [0.1, 0.15) is 38.6 Å². The van der Waals surface area contributed by atoms with Crippen molar-refractivity contribution in [1.82, 2.24) is 20.0 Å². The fourth-order valence-electron chi connectivity index (χ4n) is 2.77. The number of hydrogen-bond donors (Lipinski definition) is 2. The van der Waals surface area contributed by atoms with Crippen LogP contribution < -0.4 is 11.1 Å². The molecule has 1 aliphatic rings. The standard InChI is InChI=1S/C15H25N5O2.2ClH/c1-11(20-9-3-8-17-20)15(22)19(2)10-14(21)18-13-6-4-12(16)5-7-13;;/h3,8-9,11-13H,4-7,10,16H2,1-2H3,(H,18,21);2*1H. The smallest absolute Gasteiger partial charge is 0.247 e. The minimum atomic E-state index is -0.416. The van der Waals surface area contributed by atoms with E-state index in [1.54, 1.807) is 37.1 Å². The third-order valence-electron chi connectivity index (χ3n) is 4.17. The number of nitrogens with one attached hydrogen (secondary N) is 1. The molecule has 0 bridgehead atoms. The number of nitrogens with two attached hydrogens (primary N) is 1. The van der Waals surface area contributed by atoms with E-state index in [2.05, 4.69) is 10.4 Å². The van der Waals surface area contributed by atoms with Gasteiger partial charge < -0.3 is 16.0 Å². The molecule has 1 heterocycles. The van der Waals surface area contributed by atoms with Gasteiger partial charge in [-0.15, -0.1) is 24.8 Å². The van der Waals surface area contributed by atoms with Crippen molar-refractivity contribution in [1.29, 1.82) is 0 Å². The Morgan fingerprint density at radius 3 is 2.50 bits per heavy atom. The molecule has 0 saturated heterocycles. The van der Waals surface area contributed by atoms with Crippen molar-refractivity contribution < 1.29 is 9.59 Å². The van der Waals surface area contributed by atoms with E-state index in [4.69, 9.17) is 5.73 Å². The van der Waals surface area contributed by atoms with Crippen molar-refractivity contribution in [2.45, 2.75) is 50.7 Å². The molecule has 2 amide bonds. The highest BCUT2D eigenvalue weighted by atomic mass is 35.5. The first-order chi connectivity index (χ1) is 10.5. The highest BCUT2D eigenvalue weighted by Crippen LogP contribution is 2.16. The summed E-state index contributed by atoms with van der Waals surface area (Å²) in [5.41, 5.74) is 5.85. The van der Waals surface area contributed by atoms with Crippen LogP contribution in [0.2, 0.25) is 0 Å². The summed E-state index contributed by atoms with van der Waals surface area (Å²) in [6.07, 6.45) is 7.07. The quantitative estimate of drug-likeness (QED) is 0.801. The minimum absolute atomic E-state index is 0. The second kappa shape index (κ2) is 10.5. The molecule has 0 radical (unpaired) electrons. The predicted octanol–water partition coefficient (Wildman–Crippen LogP) is 1.13. The van der Waals surface area contributed by atoms with Gasteiger partial charge in [0.25, 0.3) is 0 Å². The van der Waals surface area contributed by atoms with Crippen LogP contribution in [0.25, 0.3) is 0 Å². The van der Waals surface area contributed by atoms with Crippen molar-refractivity contribution in [2.24, 2.45) is 5.73 Å². The van der Waals surface area contributed by atoms with E-state index in [0.717, 1.165) is 25.7 Å². The van der Waals surface area contributed by atoms with Gasteiger partial charge in [0.15, 0.2) is 0 Å². The maximum absolute atomic E-state index is 12.3. The van der Waals surface area contributed by atoms with Gasteiger partial charge in [-0.3, -0.25) is 14.3 Å². The zero-order valence-electron chi connectivity index (χ0n) is 14.1. The lowest BCUT2D eigenvalue weighted by molar-refractivity contribution is -0.137. The molecule has 1 saturated carbocycles. The van der Waals surface area contributed by atoms with Crippen LogP contribution in [0.3, 0.4) is 0 Å². The van der Waals surface area contributed by atoms with E-state index in [9.17, 15) is 9.59 Å². The molecule has 0 aromatic carbocycles. The molecule has 0 aliphatic heterocycles. The first-order valence-electron chi connectivity index (χ1n) is 7.76. The molecule has 9 heteroatoms. The van der Waals surface area contributed by atoms with Crippen LogP contribution in [-0.4, -0.2) is 52.2 Å². The van der Waals surface area contributed by atoms with Gasteiger partial charge >= 0.3 is 0 Å². The number of rotatable bonds is 5. The van der Waals surface area contributed by atoms with E-state index in [0.29, 0.717) is 0 Å². The number of halogens is 2. The van der Waals surface area contributed by atoms with E-state index in [1.807, 2.05) is 0 Å². The Bertz CT molecular complexity index is 504. The van der Waals surface area contributed by atoms with Crippen molar-refractivity contribution in [2.75, 3.05) is 13.6 Å². The molecule has 1 unspecified atom stereocenters. The average molecular weight is 380 g/mol. The van der Waals surface area contributed by atoms with Gasteiger partial charge in [0.2, 0.25) is 11.8 Å². The lowest BCUT2D eigenvalue weighted by Gasteiger charge is -2.28. The van der Waals surface area contributed by atoms with Gasteiger partial charge in [0.1, 0.15) is 6.04 Å². The van der Waals surface area contributed by atoms with Gasteiger partial charge in [-0.2, -0.15) is 5.10 Å². The maximum atomic E-state index is 12.3. The number of nitrogens with zero attached hydrogens (tertiary/aromatic N) is 3. The van der Waals surface area contributed by atoms with Crippen molar-refractivity contribution in [3.8, 4) is 0 Å². The molecule has 2 rings (SSSR count). The van der Waals surface area contributed by atoms with E-state index < -0.39 is 6.04 Å². The lowest BCUT2D eigenvalue weighted by atomic mass is 9.92. The Morgan fingerprint density at radius 2 is 1.96 bits per heavy atom. The van der Waals surface area contributed by atoms with Gasteiger partial charge in [-0.1, -0.05) is 0 Å². The summed E-state index contributed by atoms with van der Waals surface area (Å²) in [5.74, 6) is -0.256. The molecular weight excluding hydrogens is 353 g/mol. The Morgan fingerprint density at radius 1 is 1.33 bits per heavy atom. The monoisotopic (exact) mass is 379 g/mol. The van der Waals surface area contributed by atoms with E-state index in [-0.39, 0.29) is 55.3 Å². The van der Waals surface area contributed by atoms with E-state index in [1.165, 1.54) is 4.90 Å². The Balaban J connectivity index is 0.00000264. The average Bonchev–Trinajstić information content (AvgIpc) is 3.02. The van der Waals surface area contributed by atoms with Crippen LogP contribution >= 0.6 is 24.8 Å². The normalized spacial score (nSPS) is 21.0. The second-order valence-electron chi connectivity index (χ2n) is 6.04. The minimum Gasteiger partial charge on any atom is -0.352 e. The summed E-state index contributed by atoms with van der Waals surface area (Å²) >= 11 is 0. The molecule has 1 aromatic rings. The molecule has 138 valence electrons. The molecule has 7 nitrogen and oxygen atoms in total. The molecule has 24 heavy (non-hydrogen) atoms. The van der Waals surface area contributed by atoms with Crippen LogP contribution in [0.4, 0.5) is 0 Å². The fourth-order valence-corrected chi connectivity index (χ4v) is 2.77. The summed E-state index contributed by atoms with van der Waals surface area (Å²) in [5, 5.41) is 7.04. The zero-order valence-corrected chi connectivity index (χ0v) is 15.7. The number of carbonyl (C=O) groups is 2. The molecular formula is C15H27Cl2N5O2.